The Morgan fingerprint density at radius 2 is 2.28 bits per heavy atom. The van der Waals surface area contributed by atoms with Crippen LogP contribution in [0.5, 0.6) is 0 Å². The summed E-state index contributed by atoms with van der Waals surface area (Å²) in [6.45, 7) is 7.27. The summed E-state index contributed by atoms with van der Waals surface area (Å²) >= 11 is 0. The molecule has 0 aromatic rings. The summed E-state index contributed by atoms with van der Waals surface area (Å²) in [5, 5.41) is 9.62. The zero-order chi connectivity index (χ0) is 13.6. The summed E-state index contributed by atoms with van der Waals surface area (Å²) in [5.41, 5.74) is -0.540. The van der Waals surface area contributed by atoms with Crippen LogP contribution in [0.15, 0.2) is 0 Å². The molecule has 0 heterocycles. The van der Waals surface area contributed by atoms with Crippen molar-refractivity contribution < 1.29 is 14.6 Å². The highest BCUT2D eigenvalue weighted by molar-refractivity contribution is 5.75. The molecule has 0 radical (unpaired) electrons. The Kier molecular flexibility index (Phi) is 6.09. The van der Waals surface area contributed by atoms with Gasteiger partial charge in [0.15, 0.2) is 0 Å². The third-order valence-corrected chi connectivity index (χ3v) is 4.13. The van der Waals surface area contributed by atoms with Crippen molar-refractivity contribution in [2.75, 3.05) is 33.4 Å². The molecule has 0 aliphatic heterocycles. The first kappa shape index (κ1) is 15.4. The van der Waals surface area contributed by atoms with Crippen LogP contribution in [0.4, 0.5) is 0 Å². The number of nitrogens with zero attached hydrogens (tertiary/aromatic N) is 1. The van der Waals surface area contributed by atoms with Gasteiger partial charge in [0.25, 0.3) is 0 Å². The first-order valence-electron chi connectivity index (χ1n) is 6.98. The number of ether oxygens (including phenoxy) is 1. The Bertz CT molecular complexity index is 270. The molecule has 1 rings (SSSR count). The number of carboxylic acid groups (broad SMARTS) is 1. The Balaban J connectivity index is 2.68. The molecule has 4 heteroatoms. The normalized spacial score (nSPS) is 28.6. The van der Waals surface area contributed by atoms with Gasteiger partial charge in [-0.25, -0.2) is 0 Å². The van der Waals surface area contributed by atoms with Crippen LogP contribution in [-0.4, -0.2) is 49.3 Å². The van der Waals surface area contributed by atoms with Gasteiger partial charge in [0.05, 0.1) is 12.0 Å². The Morgan fingerprint density at radius 3 is 2.78 bits per heavy atom. The maximum absolute atomic E-state index is 11.7. The zero-order valence-electron chi connectivity index (χ0n) is 11.9. The van der Waals surface area contributed by atoms with E-state index in [0.717, 1.165) is 32.4 Å². The minimum atomic E-state index is -0.620. The van der Waals surface area contributed by atoms with Crippen LogP contribution in [0, 0.1) is 11.3 Å². The van der Waals surface area contributed by atoms with E-state index in [-0.39, 0.29) is 0 Å². The predicted octanol–water partition coefficient (Wildman–Crippen LogP) is 2.24. The van der Waals surface area contributed by atoms with Crippen LogP contribution < -0.4 is 0 Å². The third kappa shape index (κ3) is 3.95. The Labute approximate surface area is 110 Å². The molecule has 0 bridgehead atoms. The third-order valence-electron chi connectivity index (χ3n) is 4.13. The highest BCUT2D eigenvalue weighted by Crippen LogP contribution is 2.40. The first-order chi connectivity index (χ1) is 8.54. The molecule has 1 aliphatic carbocycles. The largest absolute Gasteiger partial charge is 0.481 e. The maximum atomic E-state index is 11.7. The SMILES string of the molecule is CCN(CCOC)CC1(C(=O)O)CCCC(C)C1. The Morgan fingerprint density at radius 1 is 1.56 bits per heavy atom. The lowest BCUT2D eigenvalue weighted by Crippen LogP contribution is -2.46. The van der Waals surface area contributed by atoms with Crippen molar-refractivity contribution in [1.82, 2.24) is 4.90 Å². The topological polar surface area (TPSA) is 49.8 Å². The Hall–Kier alpha value is -0.610. The van der Waals surface area contributed by atoms with Gasteiger partial charge in [-0.15, -0.1) is 0 Å². The van der Waals surface area contributed by atoms with E-state index >= 15 is 0 Å². The summed E-state index contributed by atoms with van der Waals surface area (Å²) in [5.74, 6) is -0.0964. The van der Waals surface area contributed by atoms with E-state index in [0.29, 0.717) is 19.1 Å². The minimum Gasteiger partial charge on any atom is -0.481 e. The van der Waals surface area contributed by atoms with E-state index in [9.17, 15) is 9.90 Å². The average Bonchev–Trinajstić information content (AvgIpc) is 2.34. The van der Waals surface area contributed by atoms with Gasteiger partial charge >= 0.3 is 5.97 Å². The maximum Gasteiger partial charge on any atom is 0.310 e. The fraction of sp³-hybridized carbons (Fsp3) is 0.929. The van der Waals surface area contributed by atoms with Gasteiger partial charge in [0.2, 0.25) is 0 Å². The van der Waals surface area contributed by atoms with E-state index in [4.69, 9.17) is 4.74 Å². The molecule has 1 fully saturated rings. The van der Waals surface area contributed by atoms with Crippen molar-refractivity contribution in [1.29, 1.82) is 0 Å². The van der Waals surface area contributed by atoms with Gasteiger partial charge in [-0.3, -0.25) is 4.79 Å². The summed E-state index contributed by atoms with van der Waals surface area (Å²) in [4.78, 5) is 13.9. The fourth-order valence-corrected chi connectivity index (χ4v) is 3.06. The van der Waals surface area contributed by atoms with Crippen LogP contribution in [0.1, 0.15) is 39.5 Å². The van der Waals surface area contributed by atoms with Crippen molar-refractivity contribution in [3.05, 3.63) is 0 Å². The molecule has 106 valence electrons. The van der Waals surface area contributed by atoms with Gasteiger partial charge in [-0.05, 0) is 25.3 Å². The number of carboxylic acids is 1. The lowest BCUT2D eigenvalue weighted by Gasteiger charge is -2.39. The van der Waals surface area contributed by atoms with Gasteiger partial charge in [-0.1, -0.05) is 26.7 Å². The number of aliphatic carboxylic acids is 1. The van der Waals surface area contributed by atoms with Crippen molar-refractivity contribution >= 4 is 5.97 Å². The average molecular weight is 257 g/mol. The van der Waals surface area contributed by atoms with E-state index < -0.39 is 11.4 Å². The quantitative estimate of drug-likeness (QED) is 0.760. The highest BCUT2D eigenvalue weighted by Gasteiger charge is 2.42. The van der Waals surface area contributed by atoms with Crippen LogP contribution >= 0.6 is 0 Å². The van der Waals surface area contributed by atoms with Crippen LogP contribution in [0.3, 0.4) is 0 Å². The van der Waals surface area contributed by atoms with Gasteiger partial charge in [0, 0.05) is 20.2 Å². The number of hydrogen-bond donors (Lipinski definition) is 1. The summed E-state index contributed by atoms with van der Waals surface area (Å²) in [7, 11) is 1.68. The van der Waals surface area contributed by atoms with Gasteiger partial charge < -0.3 is 14.7 Å². The van der Waals surface area contributed by atoms with Crippen molar-refractivity contribution in [3.63, 3.8) is 0 Å². The van der Waals surface area contributed by atoms with E-state index in [1.807, 2.05) is 0 Å². The van der Waals surface area contributed by atoms with E-state index in [2.05, 4.69) is 18.7 Å². The summed E-state index contributed by atoms with van der Waals surface area (Å²) in [6.07, 6.45) is 3.83. The molecule has 2 atom stereocenters. The highest BCUT2D eigenvalue weighted by atomic mass is 16.5. The lowest BCUT2D eigenvalue weighted by molar-refractivity contribution is -0.153. The number of rotatable bonds is 7. The van der Waals surface area contributed by atoms with E-state index in [1.54, 1.807) is 7.11 Å². The predicted molar refractivity (Wildman–Crippen MR) is 71.7 cm³/mol. The molecule has 0 amide bonds. The number of likely N-dealkylation sites (N-methyl/N-ethyl adjacent to an activating group) is 1. The van der Waals surface area contributed by atoms with Gasteiger partial charge in [0.1, 0.15) is 0 Å². The summed E-state index contributed by atoms with van der Waals surface area (Å²) in [6, 6.07) is 0. The summed E-state index contributed by atoms with van der Waals surface area (Å²) < 4.78 is 5.09. The second kappa shape index (κ2) is 7.10. The second-order valence-electron chi connectivity index (χ2n) is 5.65. The second-order valence-corrected chi connectivity index (χ2v) is 5.65. The van der Waals surface area contributed by atoms with Crippen LogP contribution in [0.2, 0.25) is 0 Å². The number of carbonyl (C=O) groups is 1. The molecule has 0 saturated heterocycles. The molecule has 1 saturated carbocycles. The molecule has 4 nitrogen and oxygen atoms in total. The molecular weight excluding hydrogens is 230 g/mol. The molecule has 2 unspecified atom stereocenters. The lowest BCUT2D eigenvalue weighted by atomic mass is 9.69. The van der Waals surface area contributed by atoms with Crippen molar-refractivity contribution in [2.24, 2.45) is 11.3 Å². The monoisotopic (exact) mass is 257 g/mol. The fourth-order valence-electron chi connectivity index (χ4n) is 3.06. The minimum absolute atomic E-state index is 0.524. The molecule has 0 aromatic carbocycles. The zero-order valence-corrected chi connectivity index (χ0v) is 11.9. The van der Waals surface area contributed by atoms with Crippen LogP contribution in [-0.2, 0) is 9.53 Å². The van der Waals surface area contributed by atoms with Gasteiger partial charge in [-0.2, -0.15) is 0 Å². The smallest absolute Gasteiger partial charge is 0.310 e. The molecular formula is C14H27NO3. The number of methoxy groups -OCH3 is 1. The molecule has 18 heavy (non-hydrogen) atoms. The molecule has 1 N–H and O–H groups in total. The van der Waals surface area contributed by atoms with Crippen molar-refractivity contribution in [3.8, 4) is 0 Å². The molecule has 0 aromatic heterocycles. The van der Waals surface area contributed by atoms with E-state index in [1.165, 1.54) is 6.42 Å². The standard InChI is InChI=1S/C14H27NO3/c1-4-15(8-9-18-3)11-14(13(16)17)7-5-6-12(2)10-14/h12H,4-11H2,1-3H3,(H,16,17). The molecule has 1 aliphatic rings. The first-order valence-corrected chi connectivity index (χ1v) is 6.98. The van der Waals surface area contributed by atoms with Crippen molar-refractivity contribution in [2.45, 2.75) is 39.5 Å². The number of hydrogen-bond acceptors (Lipinski definition) is 3. The van der Waals surface area contributed by atoms with Crippen LogP contribution in [0.25, 0.3) is 0 Å². The molecule has 0 spiro atoms.